The summed E-state index contributed by atoms with van der Waals surface area (Å²) in [5, 5.41) is 4.31. The van der Waals surface area contributed by atoms with Gasteiger partial charge in [-0.05, 0) is 38.7 Å². The molecule has 0 aliphatic heterocycles. The molecule has 0 aliphatic carbocycles. The van der Waals surface area contributed by atoms with E-state index in [2.05, 4.69) is 12.0 Å². The molecule has 0 unspecified atom stereocenters. The van der Waals surface area contributed by atoms with Crippen LogP contribution in [0.1, 0.15) is 49.3 Å². The first-order valence-corrected chi connectivity index (χ1v) is 7.06. The van der Waals surface area contributed by atoms with E-state index in [0.29, 0.717) is 18.2 Å². The highest BCUT2D eigenvalue weighted by Gasteiger charge is 2.14. The summed E-state index contributed by atoms with van der Waals surface area (Å²) in [5.74, 6) is 0.332. The molecule has 1 rings (SSSR count). The van der Waals surface area contributed by atoms with Crippen molar-refractivity contribution in [3.8, 4) is 0 Å². The number of carbonyl (C=O) groups excluding carboxylic acids is 1. The molecule has 0 atom stereocenters. The van der Waals surface area contributed by atoms with Gasteiger partial charge in [0.1, 0.15) is 0 Å². The highest BCUT2D eigenvalue weighted by Crippen LogP contribution is 2.11. The first kappa shape index (κ1) is 15.0. The van der Waals surface area contributed by atoms with E-state index in [9.17, 15) is 4.79 Å². The van der Waals surface area contributed by atoms with E-state index < -0.39 is 0 Å². The van der Waals surface area contributed by atoms with Gasteiger partial charge < -0.3 is 4.74 Å². The Kier molecular flexibility index (Phi) is 6.80. The molecule has 0 aromatic carbocycles. The van der Waals surface area contributed by atoms with Gasteiger partial charge >= 0.3 is 5.97 Å². The second-order valence-electron chi connectivity index (χ2n) is 4.11. The zero-order valence-electron chi connectivity index (χ0n) is 11.1. The molecule has 0 bridgehead atoms. The molecule has 102 valence electrons. The lowest BCUT2D eigenvalue weighted by Gasteiger charge is -2.04. The summed E-state index contributed by atoms with van der Waals surface area (Å²) < 4.78 is 6.87. The van der Waals surface area contributed by atoms with Crippen LogP contribution in [0.4, 0.5) is 0 Å². The molecule has 0 saturated carbocycles. The van der Waals surface area contributed by atoms with Crippen molar-refractivity contribution in [3.63, 3.8) is 0 Å². The average Bonchev–Trinajstić information content (AvgIpc) is 2.74. The van der Waals surface area contributed by atoms with Crippen LogP contribution in [0.5, 0.6) is 0 Å². The minimum atomic E-state index is -0.342. The molecule has 4 nitrogen and oxygen atoms in total. The van der Waals surface area contributed by atoms with Crippen molar-refractivity contribution in [1.29, 1.82) is 0 Å². The SMILES string of the molecule is CCCn1nc(C(=O)OCC)cc1CCCCCl. The third kappa shape index (κ3) is 4.33. The van der Waals surface area contributed by atoms with Crippen molar-refractivity contribution in [2.75, 3.05) is 12.5 Å². The molecular weight excluding hydrogens is 252 g/mol. The zero-order chi connectivity index (χ0) is 13.4. The number of hydrogen-bond acceptors (Lipinski definition) is 3. The Bertz CT molecular complexity index is 377. The van der Waals surface area contributed by atoms with E-state index in [0.717, 1.165) is 37.9 Å². The Morgan fingerprint density at radius 3 is 2.83 bits per heavy atom. The second-order valence-corrected chi connectivity index (χ2v) is 4.49. The maximum Gasteiger partial charge on any atom is 0.358 e. The Morgan fingerprint density at radius 1 is 1.44 bits per heavy atom. The van der Waals surface area contributed by atoms with Gasteiger partial charge in [0, 0.05) is 18.1 Å². The molecule has 1 heterocycles. The summed E-state index contributed by atoms with van der Waals surface area (Å²) in [5.41, 5.74) is 1.50. The quantitative estimate of drug-likeness (QED) is 0.415. The van der Waals surface area contributed by atoms with Crippen LogP contribution < -0.4 is 0 Å². The van der Waals surface area contributed by atoms with Crippen molar-refractivity contribution >= 4 is 17.6 Å². The van der Waals surface area contributed by atoms with Crippen LogP contribution in [0.3, 0.4) is 0 Å². The summed E-state index contributed by atoms with van der Waals surface area (Å²) in [6.45, 7) is 5.09. The summed E-state index contributed by atoms with van der Waals surface area (Å²) >= 11 is 5.67. The summed E-state index contributed by atoms with van der Waals surface area (Å²) in [6.07, 6.45) is 3.89. The molecule has 18 heavy (non-hydrogen) atoms. The Labute approximate surface area is 113 Å². The third-order valence-corrected chi connectivity index (χ3v) is 2.87. The monoisotopic (exact) mass is 272 g/mol. The number of hydrogen-bond donors (Lipinski definition) is 0. The van der Waals surface area contributed by atoms with E-state index in [4.69, 9.17) is 16.3 Å². The van der Waals surface area contributed by atoms with E-state index in [-0.39, 0.29) is 5.97 Å². The van der Waals surface area contributed by atoms with Crippen LogP contribution in [0.25, 0.3) is 0 Å². The first-order chi connectivity index (χ1) is 8.72. The highest BCUT2D eigenvalue weighted by atomic mass is 35.5. The fraction of sp³-hybridized carbons (Fsp3) is 0.692. The molecule has 0 radical (unpaired) electrons. The van der Waals surface area contributed by atoms with Crippen molar-refractivity contribution in [2.45, 2.75) is 46.1 Å². The molecule has 0 aliphatic rings. The van der Waals surface area contributed by atoms with Crippen LogP contribution in [-0.2, 0) is 17.7 Å². The van der Waals surface area contributed by atoms with Gasteiger partial charge in [-0.1, -0.05) is 6.92 Å². The fourth-order valence-corrected chi connectivity index (χ4v) is 1.96. The predicted molar refractivity (Wildman–Crippen MR) is 72.1 cm³/mol. The van der Waals surface area contributed by atoms with E-state index in [1.54, 1.807) is 6.92 Å². The Balaban J connectivity index is 2.76. The summed E-state index contributed by atoms with van der Waals surface area (Å²) in [7, 11) is 0. The van der Waals surface area contributed by atoms with Crippen LogP contribution in [0, 0.1) is 0 Å². The van der Waals surface area contributed by atoms with Gasteiger partial charge in [0.05, 0.1) is 6.61 Å². The number of nitrogens with zero attached hydrogens (tertiary/aromatic N) is 2. The lowest BCUT2D eigenvalue weighted by atomic mass is 10.2. The normalized spacial score (nSPS) is 10.6. The predicted octanol–water partition coefficient (Wildman–Crippen LogP) is 3.03. The summed E-state index contributed by atoms with van der Waals surface area (Å²) in [4.78, 5) is 11.6. The number of ether oxygens (including phenoxy) is 1. The average molecular weight is 273 g/mol. The van der Waals surface area contributed by atoms with Crippen LogP contribution in [-0.4, -0.2) is 28.2 Å². The van der Waals surface area contributed by atoms with E-state index in [1.807, 2.05) is 10.7 Å². The van der Waals surface area contributed by atoms with Crippen molar-refractivity contribution in [1.82, 2.24) is 9.78 Å². The van der Waals surface area contributed by atoms with Crippen molar-refractivity contribution in [3.05, 3.63) is 17.5 Å². The maximum atomic E-state index is 11.6. The van der Waals surface area contributed by atoms with E-state index in [1.165, 1.54) is 0 Å². The van der Waals surface area contributed by atoms with Gasteiger partial charge in [-0.2, -0.15) is 5.10 Å². The van der Waals surface area contributed by atoms with Gasteiger partial charge in [0.15, 0.2) is 5.69 Å². The third-order valence-electron chi connectivity index (χ3n) is 2.60. The largest absolute Gasteiger partial charge is 0.461 e. The minimum Gasteiger partial charge on any atom is -0.461 e. The molecular formula is C13H21ClN2O2. The molecule has 1 aromatic rings. The number of halogens is 1. The zero-order valence-corrected chi connectivity index (χ0v) is 11.9. The molecule has 0 N–H and O–H groups in total. The highest BCUT2D eigenvalue weighted by molar-refractivity contribution is 6.17. The standard InChI is InChI=1S/C13H21ClN2O2/c1-3-9-16-11(7-5-6-8-14)10-12(15-16)13(17)18-4-2/h10H,3-9H2,1-2H3. The number of unbranched alkanes of at least 4 members (excludes halogenated alkanes) is 1. The molecule has 5 heteroatoms. The molecule has 1 aromatic heterocycles. The number of alkyl halides is 1. The lowest BCUT2D eigenvalue weighted by molar-refractivity contribution is 0.0518. The number of carbonyl (C=O) groups is 1. The number of esters is 1. The van der Waals surface area contributed by atoms with Crippen LogP contribution in [0.2, 0.25) is 0 Å². The molecule has 0 saturated heterocycles. The molecule has 0 spiro atoms. The topological polar surface area (TPSA) is 44.1 Å². The Hall–Kier alpha value is -1.03. The van der Waals surface area contributed by atoms with Gasteiger partial charge in [-0.15, -0.1) is 11.6 Å². The first-order valence-electron chi connectivity index (χ1n) is 6.52. The summed E-state index contributed by atoms with van der Waals surface area (Å²) in [6, 6.07) is 1.84. The molecule has 0 amide bonds. The van der Waals surface area contributed by atoms with Gasteiger partial charge in [-0.3, -0.25) is 4.68 Å². The van der Waals surface area contributed by atoms with E-state index >= 15 is 0 Å². The van der Waals surface area contributed by atoms with Gasteiger partial charge in [0.25, 0.3) is 0 Å². The van der Waals surface area contributed by atoms with Crippen molar-refractivity contribution in [2.24, 2.45) is 0 Å². The number of aromatic nitrogens is 2. The molecule has 0 fully saturated rings. The van der Waals surface area contributed by atoms with Gasteiger partial charge in [-0.25, -0.2) is 4.79 Å². The van der Waals surface area contributed by atoms with Gasteiger partial charge in [0.2, 0.25) is 0 Å². The fourth-order valence-electron chi connectivity index (χ4n) is 1.77. The minimum absolute atomic E-state index is 0.342. The smallest absolute Gasteiger partial charge is 0.358 e. The van der Waals surface area contributed by atoms with Crippen LogP contribution in [0.15, 0.2) is 6.07 Å². The number of rotatable bonds is 8. The Morgan fingerprint density at radius 2 is 2.22 bits per heavy atom. The van der Waals surface area contributed by atoms with Crippen molar-refractivity contribution < 1.29 is 9.53 Å². The maximum absolute atomic E-state index is 11.6. The second kappa shape index (κ2) is 8.14. The number of aryl methyl sites for hydroxylation is 2. The lowest BCUT2D eigenvalue weighted by Crippen LogP contribution is -2.08. The van der Waals surface area contributed by atoms with Crippen LogP contribution >= 0.6 is 11.6 Å².